The third-order valence-corrected chi connectivity index (χ3v) is 5.58. The summed E-state index contributed by atoms with van der Waals surface area (Å²) in [6.45, 7) is 2.24. The third-order valence-electron chi connectivity index (χ3n) is 4.58. The average Bonchev–Trinajstić information content (AvgIpc) is 3.27. The summed E-state index contributed by atoms with van der Waals surface area (Å²) in [6.07, 6.45) is 7.02. The average molecular weight is 324 g/mol. The molecule has 2 atom stereocenters. The number of hydrogen-bond acceptors (Lipinski definition) is 4. The van der Waals surface area contributed by atoms with E-state index in [2.05, 4.69) is 58.0 Å². The molecule has 4 nitrogen and oxygen atoms in total. The fourth-order valence-corrected chi connectivity index (χ4v) is 4.30. The van der Waals surface area contributed by atoms with Gasteiger partial charge in [-0.3, -0.25) is 0 Å². The number of nitrogens with zero attached hydrogens (tertiary/aromatic N) is 3. The van der Waals surface area contributed by atoms with Gasteiger partial charge in [0.2, 0.25) is 0 Å². The number of aromatic nitrogens is 3. The van der Waals surface area contributed by atoms with Crippen molar-refractivity contribution in [3.8, 4) is 5.69 Å². The largest absolute Gasteiger partial charge is 0.303 e. The molecular formula is C18H20N4S. The second kappa shape index (κ2) is 6.26. The SMILES string of the molecule is C[C@@H](N[C@H]1CCCc2sccc21)c1ccc(-n2cncn2)cc1. The van der Waals surface area contributed by atoms with E-state index in [1.165, 1.54) is 30.4 Å². The van der Waals surface area contributed by atoms with Crippen molar-refractivity contribution in [2.45, 2.75) is 38.3 Å². The van der Waals surface area contributed by atoms with Crippen molar-refractivity contribution in [2.75, 3.05) is 0 Å². The first-order chi connectivity index (χ1) is 11.3. The Labute approximate surface area is 140 Å². The summed E-state index contributed by atoms with van der Waals surface area (Å²) in [5, 5.41) is 10.2. The first kappa shape index (κ1) is 14.6. The van der Waals surface area contributed by atoms with Crippen LogP contribution < -0.4 is 5.32 Å². The summed E-state index contributed by atoms with van der Waals surface area (Å²) in [5.41, 5.74) is 3.85. The van der Waals surface area contributed by atoms with Crippen LogP contribution in [0.2, 0.25) is 0 Å². The Morgan fingerprint density at radius 2 is 2.13 bits per heavy atom. The van der Waals surface area contributed by atoms with E-state index >= 15 is 0 Å². The lowest BCUT2D eigenvalue weighted by molar-refractivity contribution is 0.418. The van der Waals surface area contributed by atoms with Gasteiger partial charge in [0.05, 0.1) is 5.69 Å². The van der Waals surface area contributed by atoms with Crippen LogP contribution in [-0.4, -0.2) is 14.8 Å². The van der Waals surface area contributed by atoms with E-state index < -0.39 is 0 Å². The van der Waals surface area contributed by atoms with Gasteiger partial charge in [0.1, 0.15) is 12.7 Å². The van der Waals surface area contributed by atoms with Crippen LogP contribution in [0.1, 0.15) is 47.9 Å². The van der Waals surface area contributed by atoms with E-state index in [1.807, 2.05) is 11.3 Å². The van der Waals surface area contributed by atoms with Gasteiger partial charge in [0.25, 0.3) is 0 Å². The first-order valence-corrected chi connectivity index (χ1v) is 8.96. The van der Waals surface area contributed by atoms with Crippen LogP contribution in [0, 0.1) is 0 Å². The van der Waals surface area contributed by atoms with E-state index in [1.54, 1.807) is 22.2 Å². The molecule has 0 fully saturated rings. The van der Waals surface area contributed by atoms with Gasteiger partial charge in [-0.15, -0.1) is 11.3 Å². The topological polar surface area (TPSA) is 42.7 Å². The molecule has 0 radical (unpaired) electrons. The van der Waals surface area contributed by atoms with Crippen LogP contribution >= 0.6 is 11.3 Å². The number of hydrogen-bond donors (Lipinski definition) is 1. The third kappa shape index (κ3) is 2.94. The minimum Gasteiger partial charge on any atom is -0.303 e. The molecule has 118 valence electrons. The fraction of sp³-hybridized carbons (Fsp3) is 0.333. The molecule has 1 aliphatic rings. The van der Waals surface area contributed by atoms with E-state index in [9.17, 15) is 0 Å². The first-order valence-electron chi connectivity index (χ1n) is 8.08. The molecule has 1 aliphatic carbocycles. The molecule has 2 heterocycles. The molecule has 1 N–H and O–H groups in total. The second-order valence-electron chi connectivity index (χ2n) is 6.06. The number of thiophene rings is 1. The molecule has 0 bridgehead atoms. The zero-order valence-electron chi connectivity index (χ0n) is 13.1. The minimum absolute atomic E-state index is 0.329. The van der Waals surface area contributed by atoms with Crippen LogP contribution in [0.25, 0.3) is 5.69 Å². The Bertz CT molecular complexity index is 761. The standard InChI is InChI=1S/C18H20N4S/c1-13(21-17-3-2-4-18-16(17)9-10-23-18)14-5-7-15(8-6-14)22-12-19-11-20-22/h5-13,17,21H,2-4H2,1H3/t13-,17+/m1/s1. The normalized spacial score (nSPS) is 18.6. The maximum atomic E-state index is 4.16. The summed E-state index contributed by atoms with van der Waals surface area (Å²) in [6, 6.07) is 11.6. The number of benzene rings is 1. The van der Waals surface area contributed by atoms with E-state index in [-0.39, 0.29) is 0 Å². The van der Waals surface area contributed by atoms with Crippen LogP contribution in [0.3, 0.4) is 0 Å². The van der Waals surface area contributed by atoms with Crippen molar-refractivity contribution < 1.29 is 0 Å². The van der Waals surface area contributed by atoms with Crippen molar-refractivity contribution in [3.63, 3.8) is 0 Å². The summed E-state index contributed by atoms with van der Waals surface area (Å²) in [7, 11) is 0. The molecule has 5 heteroatoms. The second-order valence-corrected chi connectivity index (χ2v) is 7.06. The molecule has 4 rings (SSSR count). The zero-order chi connectivity index (χ0) is 15.6. The predicted octanol–water partition coefficient (Wildman–Crippen LogP) is 4.06. The highest BCUT2D eigenvalue weighted by molar-refractivity contribution is 7.10. The fourth-order valence-electron chi connectivity index (χ4n) is 3.31. The summed E-state index contributed by atoms with van der Waals surface area (Å²) >= 11 is 1.90. The highest BCUT2D eigenvalue weighted by Crippen LogP contribution is 2.34. The summed E-state index contributed by atoms with van der Waals surface area (Å²) < 4.78 is 1.78. The van der Waals surface area contributed by atoms with E-state index in [0.717, 1.165) is 5.69 Å². The van der Waals surface area contributed by atoms with Crippen molar-refractivity contribution in [2.24, 2.45) is 0 Å². The van der Waals surface area contributed by atoms with Crippen LogP contribution in [0.4, 0.5) is 0 Å². The smallest absolute Gasteiger partial charge is 0.138 e. The molecule has 0 aliphatic heterocycles. The lowest BCUT2D eigenvalue weighted by Crippen LogP contribution is -2.27. The Kier molecular flexibility index (Phi) is 3.97. The van der Waals surface area contributed by atoms with Crippen LogP contribution in [-0.2, 0) is 6.42 Å². The van der Waals surface area contributed by atoms with Gasteiger partial charge in [-0.2, -0.15) is 5.10 Å². The van der Waals surface area contributed by atoms with Crippen molar-refractivity contribution in [3.05, 3.63) is 64.4 Å². The van der Waals surface area contributed by atoms with E-state index in [0.29, 0.717) is 12.1 Å². The lowest BCUT2D eigenvalue weighted by atomic mass is 9.93. The van der Waals surface area contributed by atoms with Gasteiger partial charge in [-0.1, -0.05) is 12.1 Å². The van der Waals surface area contributed by atoms with Gasteiger partial charge < -0.3 is 5.32 Å². The number of nitrogens with one attached hydrogen (secondary N) is 1. The molecule has 0 spiro atoms. The monoisotopic (exact) mass is 324 g/mol. The number of aryl methyl sites for hydroxylation is 1. The van der Waals surface area contributed by atoms with E-state index in [4.69, 9.17) is 0 Å². The molecule has 0 saturated carbocycles. The predicted molar refractivity (Wildman–Crippen MR) is 92.9 cm³/mol. The highest BCUT2D eigenvalue weighted by Gasteiger charge is 2.22. The molecule has 3 aromatic rings. The Hall–Kier alpha value is -1.98. The molecule has 0 amide bonds. The van der Waals surface area contributed by atoms with Crippen LogP contribution in [0.15, 0.2) is 48.4 Å². The summed E-state index contributed by atoms with van der Waals surface area (Å²) in [4.78, 5) is 5.55. The van der Waals surface area contributed by atoms with Crippen molar-refractivity contribution >= 4 is 11.3 Å². The van der Waals surface area contributed by atoms with Gasteiger partial charge in [0, 0.05) is 17.0 Å². The molecule has 0 saturated heterocycles. The highest BCUT2D eigenvalue weighted by atomic mass is 32.1. The molecule has 23 heavy (non-hydrogen) atoms. The Morgan fingerprint density at radius 1 is 1.26 bits per heavy atom. The van der Waals surface area contributed by atoms with Crippen LogP contribution in [0.5, 0.6) is 0 Å². The maximum Gasteiger partial charge on any atom is 0.138 e. The van der Waals surface area contributed by atoms with Gasteiger partial charge in [-0.25, -0.2) is 9.67 Å². The lowest BCUT2D eigenvalue weighted by Gasteiger charge is -2.27. The number of rotatable bonds is 4. The van der Waals surface area contributed by atoms with Gasteiger partial charge >= 0.3 is 0 Å². The molecule has 1 aromatic carbocycles. The maximum absolute atomic E-state index is 4.16. The minimum atomic E-state index is 0.329. The van der Waals surface area contributed by atoms with Gasteiger partial charge in [-0.05, 0) is 60.9 Å². The quantitative estimate of drug-likeness (QED) is 0.787. The zero-order valence-corrected chi connectivity index (χ0v) is 14.0. The Balaban J connectivity index is 1.49. The Morgan fingerprint density at radius 3 is 2.91 bits per heavy atom. The van der Waals surface area contributed by atoms with Crippen molar-refractivity contribution in [1.82, 2.24) is 20.1 Å². The van der Waals surface area contributed by atoms with Gasteiger partial charge in [0.15, 0.2) is 0 Å². The summed E-state index contributed by atoms with van der Waals surface area (Å²) in [5.74, 6) is 0. The molecular weight excluding hydrogens is 304 g/mol. The number of fused-ring (bicyclic) bond motifs is 1. The molecule has 2 aromatic heterocycles. The van der Waals surface area contributed by atoms with Crippen molar-refractivity contribution in [1.29, 1.82) is 0 Å². The molecule has 0 unspecified atom stereocenters.